The summed E-state index contributed by atoms with van der Waals surface area (Å²) in [5, 5.41) is 5.92. The van der Waals surface area contributed by atoms with Crippen LogP contribution >= 0.6 is 0 Å². The van der Waals surface area contributed by atoms with Crippen LogP contribution in [0, 0.1) is 6.92 Å². The van der Waals surface area contributed by atoms with Crippen molar-refractivity contribution in [2.75, 3.05) is 26.0 Å². The highest BCUT2D eigenvalue weighted by Crippen LogP contribution is 2.22. The average Bonchev–Trinajstić information content (AvgIpc) is 2.74. The number of aromatic nitrogens is 3. The van der Waals surface area contributed by atoms with Crippen LogP contribution in [0.2, 0.25) is 0 Å². The number of ether oxygens (including phenoxy) is 1. The van der Waals surface area contributed by atoms with Crippen molar-refractivity contribution < 1.29 is 9.53 Å². The number of nitrogens with zero attached hydrogens (tertiary/aromatic N) is 3. The second-order valence-corrected chi connectivity index (χ2v) is 6.26. The minimum Gasteiger partial charge on any atom is -0.496 e. The minimum absolute atomic E-state index is 0.137. The van der Waals surface area contributed by atoms with E-state index in [9.17, 15) is 4.79 Å². The number of benzene rings is 1. The first-order valence-electron chi connectivity index (χ1n) is 8.98. The molecule has 7 heteroatoms. The summed E-state index contributed by atoms with van der Waals surface area (Å²) >= 11 is 0. The van der Waals surface area contributed by atoms with E-state index < -0.39 is 0 Å². The molecule has 0 saturated carbocycles. The summed E-state index contributed by atoms with van der Waals surface area (Å²) in [5.74, 6) is 1.30. The van der Waals surface area contributed by atoms with Gasteiger partial charge in [-0.2, -0.15) is 0 Å². The lowest BCUT2D eigenvalue weighted by molar-refractivity contribution is 0.0962. The third-order valence-corrected chi connectivity index (χ3v) is 4.35. The van der Waals surface area contributed by atoms with E-state index in [-0.39, 0.29) is 5.91 Å². The van der Waals surface area contributed by atoms with Crippen LogP contribution in [-0.2, 0) is 6.42 Å². The molecule has 0 spiro atoms. The molecule has 28 heavy (non-hydrogen) atoms. The third-order valence-electron chi connectivity index (χ3n) is 4.35. The molecule has 2 N–H and O–H groups in total. The van der Waals surface area contributed by atoms with Gasteiger partial charge >= 0.3 is 0 Å². The summed E-state index contributed by atoms with van der Waals surface area (Å²) in [6, 6.07) is 11.3. The van der Waals surface area contributed by atoms with Crippen LogP contribution in [0.3, 0.4) is 0 Å². The van der Waals surface area contributed by atoms with E-state index in [0.29, 0.717) is 17.9 Å². The van der Waals surface area contributed by atoms with E-state index in [1.807, 2.05) is 31.2 Å². The molecular formula is C21H23N5O2. The van der Waals surface area contributed by atoms with E-state index in [0.717, 1.165) is 34.8 Å². The molecule has 2 heterocycles. The molecule has 7 nitrogen and oxygen atoms in total. The summed E-state index contributed by atoms with van der Waals surface area (Å²) in [5.41, 5.74) is 4.32. The molecule has 0 radical (unpaired) electrons. The zero-order chi connectivity index (χ0) is 19.9. The topological polar surface area (TPSA) is 89.0 Å². The Morgan fingerprint density at radius 2 is 1.96 bits per heavy atom. The molecule has 3 rings (SSSR count). The number of carbonyl (C=O) groups excluding carboxylic acids is 1. The lowest BCUT2D eigenvalue weighted by Gasteiger charge is -2.11. The van der Waals surface area contributed by atoms with Crippen molar-refractivity contribution >= 4 is 11.7 Å². The highest BCUT2D eigenvalue weighted by Gasteiger charge is 2.09. The van der Waals surface area contributed by atoms with Gasteiger partial charge in [0.2, 0.25) is 0 Å². The van der Waals surface area contributed by atoms with Gasteiger partial charge in [0.05, 0.1) is 12.8 Å². The highest BCUT2D eigenvalue weighted by molar-refractivity contribution is 5.94. The van der Waals surface area contributed by atoms with Crippen LogP contribution in [0.4, 0.5) is 5.82 Å². The molecule has 0 saturated heterocycles. The maximum Gasteiger partial charge on any atom is 0.251 e. The summed E-state index contributed by atoms with van der Waals surface area (Å²) < 4.78 is 5.43. The quantitative estimate of drug-likeness (QED) is 0.658. The number of rotatable bonds is 7. The second kappa shape index (κ2) is 8.94. The van der Waals surface area contributed by atoms with E-state index in [1.165, 1.54) is 6.33 Å². The Balaban J connectivity index is 1.66. The number of methoxy groups -OCH3 is 1. The van der Waals surface area contributed by atoms with E-state index >= 15 is 0 Å². The van der Waals surface area contributed by atoms with Gasteiger partial charge in [0, 0.05) is 42.7 Å². The van der Waals surface area contributed by atoms with Crippen LogP contribution in [-0.4, -0.2) is 41.6 Å². The van der Waals surface area contributed by atoms with Crippen LogP contribution in [0.5, 0.6) is 5.75 Å². The minimum atomic E-state index is -0.137. The molecule has 0 aliphatic heterocycles. The summed E-state index contributed by atoms with van der Waals surface area (Å²) in [4.78, 5) is 24.7. The Labute approximate surface area is 164 Å². The summed E-state index contributed by atoms with van der Waals surface area (Å²) in [6.45, 7) is 2.62. The van der Waals surface area contributed by atoms with Crippen molar-refractivity contribution in [3.05, 3.63) is 65.7 Å². The lowest BCUT2D eigenvalue weighted by Crippen LogP contribution is -2.18. The zero-order valence-electron chi connectivity index (χ0n) is 16.2. The predicted octanol–water partition coefficient (Wildman–Crippen LogP) is 2.87. The molecule has 1 amide bonds. The van der Waals surface area contributed by atoms with Gasteiger partial charge in [0.15, 0.2) is 0 Å². The summed E-state index contributed by atoms with van der Waals surface area (Å²) in [6.07, 6.45) is 4.07. The maximum absolute atomic E-state index is 11.8. The Hall–Kier alpha value is -3.48. The average molecular weight is 377 g/mol. The van der Waals surface area contributed by atoms with Crippen LogP contribution in [0.1, 0.15) is 21.6 Å². The number of hydrogen-bond acceptors (Lipinski definition) is 6. The number of carbonyl (C=O) groups is 1. The predicted molar refractivity (Wildman–Crippen MR) is 109 cm³/mol. The van der Waals surface area contributed by atoms with Gasteiger partial charge in [0.25, 0.3) is 5.91 Å². The number of nitrogens with one attached hydrogen (secondary N) is 2. The fourth-order valence-electron chi connectivity index (χ4n) is 2.79. The Kier molecular flexibility index (Phi) is 6.16. The fourth-order valence-corrected chi connectivity index (χ4v) is 2.79. The van der Waals surface area contributed by atoms with Gasteiger partial charge in [-0.05, 0) is 43.2 Å². The molecule has 0 aliphatic rings. The Morgan fingerprint density at radius 3 is 2.68 bits per heavy atom. The first kappa shape index (κ1) is 19.3. The van der Waals surface area contributed by atoms with Gasteiger partial charge < -0.3 is 15.4 Å². The molecule has 0 bridgehead atoms. The van der Waals surface area contributed by atoms with Crippen LogP contribution in [0.15, 0.2) is 48.9 Å². The van der Waals surface area contributed by atoms with Crippen molar-refractivity contribution in [2.45, 2.75) is 13.3 Å². The molecule has 0 aliphatic carbocycles. The molecule has 1 aromatic carbocycles. The smallest absolute Gasteiger partial charge is 0.251 e. The largest absolute Gasteiger partial charge is 0.496 e. The molecule has 0 fully saturated rings. The summed E-state index contributed by atoms with van der Waals surface area (Å²) in [7, 11) is 3.21. The van der Waals surface area contributed by atoms with Gasteiger partial charge in [-0.15, -0.1) is 0 Å². The van der Waals surface area contributed by atoms with Crippen molar-refractivity contribution in [3.8, 4) is 17.0 Å². The maximum atomic E-state index is 11.8. The van der Waals surface area contributed by atoms with Crippen molar-refractivity contribution in [3.63, 3.8) is 0 Å². The first-order chi connectivity index (χ1) is 13.6. The first-order valence-corrected chi connectivity index (χ1v) is 8.98. The van der Waals surface area contributed by atoms with Crippen molar-refractivity contribution in [1.82, 2.24) is 20.3 Å². The number of pyridine rings is 1. The van der Waals surface area contributed by atoms with Gasteiger partial charge in [0.1, 0.15) is 17.9 Å². The zero-order valence-corrected chi connectivity index (χ0v) is 16.2. The molecule has 3 aromatic rings. The SMILES string of the molecule is CNC(=O)c1ccc(CCNc2cc(-c3ccc(C)nc3)ncn2)c(OC)c1. The molecule has 2 aromatic heterocycles. The molecule has 144 valence electrons. The Bertz CT molecular complexity index is 957. The molecule has 0 unspecified atom stereocenters. The van der Waals surface area contributed by atoms with Gasteiger partial charge in [-0.1, -0.05) is 6.07 Å². The number of aryl methyl sites for hydroxylation is 1. The van der Waals surface area contributed by atoms with E-state index in [1.54, 1.807) is 32.5 Å². The number of anilines is 1. The normalized spacial score (nSPS) is 10.4. The lowest BCUT2D eigenvalue weighted by atomic mass is 10.1. The van der Waals surface area contributed by atoms with Crippen molar-refractivity contribution in [1.29, 1.82) is 0 Å². The van der Waals surface area contributed by atoms with E-state index in [4.69, 9.17) is 4.74 Å². The highest BCUT2D eigenvalue weighted by atomic mass is 16.5. The van der Waals surface area contributed by atoms with Gasteiger partial charge in [-0.3, -0.25) is 9.78 Å². The molecule has 0 atom stereocenters. The third kappa shape index (κ3) is 4.62. The number of amides is 1. The van der Waals surface area contributed by atoms with E-state index in [2.05, 4.69) is 25.6 Å². The van der Waals surface area contributed by atoms with Gasteiger partial charge in [-0.25, -0.2) is 9.97 Å². The second-order valence-electron chi connectivity index (χ2n) is 6.26. The Morgan fingerprint density at radius 1 is 1.11 bits per heavy atom. The van der Waals surface area contributed by atoms with Crippen molar-refractivity contribution in [2.24, 2.45) is 0 Å². The standard InChI is InChI=1S/C21H23N5O2/c1-14-4-5-17(12-24-14)18-11-20(26-13-25-18)23-9-8-15-6-7-16(21(27)22-2)10-19(15)28-3/h4-7,10-13H,8-9H2,1-3H3,(H,22,27)(H,23,25,26). The van der Waals surface area contributed by atoms with Crippen LogP contribution in [0.25, 0.3) is 11.3 Å². The number of hydrogen-bond donors (Lipinski definition) is 2. The fraction of sp³-hybridized carbons (Fsp3) is 0.238. The van der Waals surface area contributed by atoms with Crippen LogP contribution < -0.4 is 15.4 Å². The molecular weight excluding hydrogens is 354 g/mol. The monoisotopic (exact) mass is 377 g/mol.